The standard InChI is InChI=1S/C50H62F3N11O2/c1-32-27-63(47-40(32)23-39(26-57-47)62-20-14-45(65)58-48(62)66)35-11-15-49(16-12-35)17-21-59(22-18-49)28-34-13-19-60(31-50(34,52)53)43-24-36(9-10-41(43)51)64-37-7-8-38(64)30-61(29-37)44(46(55)56)25-42(54)33-5-3-2-4-6-33/h2-6,9-10,23-27,34-35,37-38H,7-8,11-22,28-31,54-56H2,1H3,(H,58,65,66)/b42-25-. The topological polar surface area (TPSA) is 158 Å². The first kappa shape index (κ1) is 44.0. The zero-order chi connectivity index (χ0) is 45.9. The van der Waals surface area contributed by atoms with Crippen LogP contribution in [-0.4, -0.2) is 102 Å². The number of nitrogens with two attached hydrogens (primary N) is 3. The smallest absolute Gasteiger partial charge is 0.328 e. The zero-order valence-corrected chi connectivity index (χ0v) is 37.8. The number of rotatable bonds is 9. The summed E-state index contributed by atoms with van der Waals surface area (Å²) in [5.74, 6) is -4.31. The van der Waals surface area contributed by atoms with Gasteiger partial charge in [-0.1, -0.05) is 30.3 Å². The van der Waals surface area contributed by atoms with Crippen LogP contribution in [0.3, 0.4) is 0 Å². The van der Waals surface area contributed by atoms with Gasteiger partial charge in [0.15, 0.2) is 0 Å². The van der Waals surface area contributed by atoms with Crippen LogP contribution in [0, 0.1) is 24.1 Å². The molecule has 66 heavy (non-hydrogen) atoms. The van der Waals surface area contributed by atoms with Crippen LogP contribution in [0.2, 0.25) is 0 Å². The highest BCUT2D eigenvalue weighted by Gasteiger charge is 2.48. The van der Waals surface area contributed by atoms with Crippen molar-refractivity contribution in [2.45, 2.75) is 95.2 Å². The van der Waals surface area contributed by atoms with E-state index in [0.717, 1.165) is 92.3 Å². The number of allylic oxidation sites excluding steroid dienone is 1. The highest BCUT2D eigenvalue weighted by Crippen LogP contribution is 2.49. The van der Waals surface area contributed by atoms with Gasteiger partial charge in [0, 0.05) is 86.2 Å². The molecule has 7 heterocycles. The largest absolute Gasteiger partial charge is 0.398 e. The van der Waals surface area contributed by atoms with E-state index in [1.807, 2.05) is 42.5 Å². The van der Waals surface area contributed by atoms with Crippen LogP contribution in [0.15, 0.2) is 84.6 Å². The first-order valence-corrected chi connectivity index (χ1v) is 23.8. The molecule has 16 heteroatoms. The van der Waals surface area contributed by atoms with Gasteiger partial charge < -0.3 is 41.4 Å². The number of fused-ring (bicyclic) bond motifs is 3. The number of likely N-dealkylation sites (tertiary alicyclic amines) is 2. The lowest BCUT2D eigenvalue weighted by Gasteiger charge is -2.48. The van der Waals surface area contributed by atoms with Gasteiger partial charge in [-0.05, 0) is 125 Å². The van der Waals surface area contributed by atoms with Crippen molar-refractivity contribution in [1.29, 1.82) is 0 Å². The number of aromatic nitrogens is 2. The molecule has 1 spiro atoms. The molecule has 7 N–H and O–H groups in total. The van der Waals surface area contributed by atoms with Gasteiger partial charge in [0.25, 0.3) is 5.92 Å². The third-order valence-corrected chi connectivity index (χ3v) is 15.9. The van der Waals surface area contributed by atoms with Gasteiger partial charge in [-0.2, -0.15) is 0 Å². The number of piperazine rings is 1. The molecule has 6 fully saturated rings. The molecule has 3 unspecified atom stereocenters. The van der Waals surface area contributed by atoms with Crippen LogP contribution in [0.25, 0.3) is 16.7 Å². The number of carbonyl (C=O) groups excluding carboxylic acids is 2. The second-order valence-electron chi connectivity index (χ2n) is 19.9. The summed E-state index contributed by atoms with van der Waals surface area (Å²) in [5.41, 5.74) is 25.0. The number of halogens is 3. The Morgan fingerprint density at radius 3 is 2.27 bits per heavy atom. The number of anilines is 3. The van der Waals surface area contributed by atoms with E-state index < -0.39 is 30.2 Å². The fraction of sp³-hybridized carbons (Fsp3) is 0.500. The maximum absolute atomic E-state index is 16.2. The van der Waals surface area contributed by atoms with Crippen molar-refractivity contribution in [1.82, 2.24) is 24.7 Å². The number of pyridine rings is 1. The number of amides is 3. The number of hydrogen-bond acceptors (Lipinski definition) is 10. The van der Waals surface area contributed by atoms with Crippen molar-refractivity contribution >= 4 is 45.7 Å². The zero-order valence-electron chi connectivity index (χ0n) is 37.8. The minimum absolute atomic E-state index is 0.109. The van der Waals surface area contributed by atoms with Crippen molar-refractivity contribution in [3.8, 4) is 0 Å². The molecule has 10 rings (SSSR count). The number of carbonyl (C=O) groups is 2. The monoisotopic (exact) mass is 906 g/mol. The molecule has 3 amide bonds. The Bertz CT molecular complexity index is 2530. The number of nitrogens with zero attached hydrogens (tertiary/aromatic N) is 7. The number of hydrogen-bond donors (Lipinski definition) is 4. The van der Waals surface area contributed by atoms with Crippen molar-refractivity contribution in [3.63, 3.8) is 0 Å². The summed E-state index contributed by atoms with van der Waals surface area (Å²) in [4.78, 5) is 38.9. The van der Waals surface area contributed by atoms with Crippen LogP contribution < -0.4 is 37.2 Å². The van der Waals surface area contributed by atoms with E-state index in [2.05, 4.69) is 37.7 Å². The third-order valence-electron chi connectivity index (χ3n) is 15.9. The number of benzene rings is 2. The maximum Gasteiger partial charge on any atom is 0.328 e. The summed E-state index contributed by atoms with van der Waals surface area (Å²) in [6.07, 6.45) is 14.4. The van der Waals surface area contributed by atoms with Crippen LogP contribution in [0.1, 0.15) is 81.4 Å². The Kier molecular flexibility index (Phi) is 11.6. The molecule has 5 aliphatic heterocycles. The summed E-state index contributed by atoms with van der Waals surface area (Å²) in [5, 5.41) is 3.40. The molecule has 3 atom stereocenters. The number of alkyl halides is 2. The fourth-order valence-electron chi connectivity index (χ4n) is 12.1. The van der Waals surface area contributed by atoms with E-state index in [1.165, 1.54) is 6.07 Å². The normalized spacial score (nSPS) is 24.9. The second kappa shape index (κ2) is 17.4. The van der Waals surface area contributed by atoms with Gasteiger partial charge in [-0.25, -0.2) is 22.9 Å². The Labute approximate surface area is 384 Å². The quantitative estimate of drug-likeness (QED) is 0.129. The number of aryl methyl sites for hydroxylation is 1. The fourth-order valence-corrected chi connectivity index (χ4v) is 12.1. The average Bonchev–Trinajstić information content (AvgIpc) is 3.77. The minimum atomic E-state index is -2.97. The molecule has 350 valence electrons. The Morgan fingerprint density at radius 2 is 1.59 bits per heavy atom. The lowest BCUT2D eigenvalue weighted by Crippen LogP contribution is -2.54. The molecular weight excluding hydrogens is 844 g/mol. The first-order chi connectivity index (χ1) is 31.7. The van der Waals surface area contributed by atoms with Gasteiger partial charge in [0.05, 0.1) is 29.8 Å². The van der Waals surface area contributed by atoms with Crippen LogP contribution in [0.4, 0.5) is 35.0 Å². The highest BCUT2D eigenvalue weighted by molar-refractivity contribution is 6.06. The second-order valence-corrected chi connectivity index (χ2v) is 19.9. The molecule has 2 bridgehead atoms. The maximum atomic E-state index is 16.2. The summed E-state index contributed by atoms with van der Waals surface area (Å²) in [6, 6.07) is 16.8. The summed E-state index contributed by atoms with van der Waals surface area (Å²) in [7, 11) is 0. The minimum Gasteiger partial charge on any atom is -0.398 e. The number of urea groups is 1. The third kappa shape index (κ3) is 8.41. The highest BCUT2D eigenvalue weighted by atomic mass is 19.3. The molecule has 2 aromatic carbocycles. The van der Waals surface area contributed by atoms with E-state index in [4.69, 9.17) is 22.2 Å². The SMILES string of the molecule is Cc1cn(C2CCC3(CC2)CCN(CC2CCN(c4cc(N5C6CCC5CN(C(/C=C(\N)c5ccccc5)=C(N)N)C6)ccc4F)CC2(F)F)CC3)c2ncc(N3CCC(=O)NC3=O)cc12. The number of piperidine rings is 2. The predicted molar refractivity (Wildman–Crippen MR) is 252 cm³/mol. The van der Waals surface area contributed by atoms with Crippen molar-refractivity contribution in [2.75, 3.05) is 67.1 Å². The lowest BCUT2D eigenvalue weighted by atomic mass is 9.67. The molecule has 2 aromatic heterocycles. The molecule has 5 saturated heterocycles. The molecule has 4 aromatic rings. The van der Waals surface area contributed by atoms with Gasteiger partial charge in [0.2, 0.25) is 5.91 Å². The van der Waals surface area contributed by atoms with Gasteiger partial charge in [-0.3, -0.25) is 15.0 Å². The number of imide groups is 1. The average molecular weight is 906 g/mol. The molecular formula is C50H62F3N11O2. The summed E-state index contributed by atoms with van der Waals surface area (Å²) < 4.78 is 50.3. The van der Waals surface area contributed by atoms with Gasteiger partial charge >= 0.3 is 6.03 Å². The van der Waals surface area contributed by atoms with Crippen molar-refractivity contribution in [3.05, 3.63) is 102 Å². The van der Waals surface area contributed by atoms with Crippen LogP contribution in [-0.2, 0) is 4.79 Å². The van der Waals surface area contributed by atoms with E-state index in [0.29, 0.717) is 62.3 Å². The van der Waals surface area contributed by atoms with Crippen molar-refractivity contribution in [2.24, 2.45) is 28.5 Å². The van der Waals surface area contributed by atoms with Crippen molar-refractivity contribution < 1.29 is 22.8 Å². The van der Waals surface area contributed by atoms with Crippen LogP contribution in [0.5, 0.6) is 0 Å². The Balaban J connectivity index is 0.732. The molecule has 0 radical (unpaired) electrons. The summed E-state index contributed by atoms with van der Waals surface area (Å²) in [6.45, 7) is 5.54. The summed E-state index contributed by atoms with van der Waals surface area (Å²) >= 11 is 0. The van der Waals surface area contributed by atoms with Gasteiger partial charge in [0.1, 0.15) is 17.3 Å². The first-order valence-electron chi connectivity index (χ1n) is 23.8. The number of nitrogens with one attached hydrogen (secondary N) is 1. The lowest BCUT2D eigenvalue weighted by molar-refractivity contribution is -0.120. The molecule has 6 aliphatic rings. The Morgan fingerprint density at radius 1 is 0.864 bits per heavy atom. The van der Waals surface area contributed by atoms with E-state index in [1.54, 1.807) is 28.1 Å². The van der Waals surface area contributed by atoms with Crippen LogP contribution >= 0.6 is 0 Å². The Hall–Kier alpha value is -5.90. The molecule has 1 saturated carbocycles. The van der Waals surface area contributed by atoms with E-state index in [-0.39, 0.29) is 41.3 Å². The van der Waals surface area contributed by atoms with E-state index in [9.17, 15) is 9.59 Å². The van der Waals surface area contributed by atoms with E-state index >= 15 is 13.2 Å². The molecule has 1 aliphatic carbocycles. The predicted octanol–water partition coefficient (Wildman–Crippen LogP) is 7.03. The van der Waals surface area contributed by atoms with Gasteiger partial charge in [-0.15, -0.1) is 0 Å². The molecule has 13 nitrogen and oxygen atoms in total.